The van der Waals surface area contributed by atoms with Crippen LogP contribution < -0.4 is 5.32 Å². The Labute approximate surface area is 205 Å². The quantitative estimate of drug-likeness (QED) is 0.563. The van der Waals surface area contributed by atoms with Crippen molar-refractivity contribution >= 4 is 38.2 Å². The summed E-state index contributed by atoms with van der Waals surface area (Å²) >= 11 is 1.42. The number of carbonyl (C=O) groups excluding carboxylic acids is 2. The fraction of sp³-hybridized carbons (Fsp3) is 0.520. The van der Waals surface area contributed by atoms with Crippen molar-refractivity contribution in [2.45, 2.75) is 70.1 Å². The molecule has 0 spiro atoms. The predicted octanol–water partition coefficient (Wildman–Crippen LogP) is 4.93. The summed E-state index contributed by atoms with van der Waals surface area (Å²) in [6.45, 7) is 4.80. The van der Waals surface area contributed by atoms with Gasteiger partial charge >= 0.3 is 5.97 Å². The lowest BCUT2D eigenvalue weighted by Gasteiger charge is -2.20. The van der Waals surface area contributed by atoms with Crippen LogP contribution in [0, 0.1) is 6.92 Å². The molecular weight excluding hydrogens is 472 g/mol. The van der Waals surface area contributed by atoms with Gasteiger partial charge in [0.05, 0.1) is 17.1 Å². The number of nitrogens with one attached hydrogen (secondary N) is 1. The SMILES string of the molecule is CCOC(=O)c1c(NC(=O)c2cc(S(=O)(=O)N3CCCCCC3)ccc2C)sc2c1CCCC2. The Balaban J connectivity index is 1.64. The Kier molecular flexibility index (Phi) is 7.74. The summed E-state index contributed by atoms with van der Waals surface area (Å²) in [7, 11) is -3.68. The second kappa shape index (κ2) is 10.6. The van der Waals surface area contributed by atoms with E-state index < -0.39 is 21.9 Å². The van der Waals surface area contributed by atoms with Crippen LogP contribution in [0.4, 0.5) is 5.00 Å². The average Bonchev–Trinajstić information content (AvgIpc) is 2.96. The maximum absolute atomic E-state index is 13.3. The van der Waals surface area contributed by atoms with Gasteiger partial charge in [0.25, 0.3) is 5.91 Å². The molecule has 1 saturated heterocycles. The van der Waals surface area contributed by atoms with Crippen LogP contribution in [-0.4, -0.2) is 44.3 Å². The number of anilines is 1. The largest absolute Gasteiger partial charge is 0.462 e. The Morgan fingerprint density at radius 2 is 1.76 bits per heavy atom. The zero-order valence-electron chi connectivity index (χ0n) is 19.8. The van der Waals surface area contributed by atoms with E-state index in [1.165, 1.54) is 21.7 Å². The van der Waals surface area contributed by atoms with Crippen molar-refractivity contribution in [3.8, 4) is 0 Å². The van der Waals surface area contributed by atoms with Crippen molar-refractivity contribution < 1.29 is 22.7 Å². The van der Waals surface area contributed by atoms with Crippen molar-refractivity contribution in [1.82, 2.24) is 4.31 Å². The van der Waals surface area contributed by atoms with Crippen molar-refractivity contribution in [2.75, 3.05) is 25.0 Å². The number of esters is 1. The van der Waals surface area contributed by atoms with Crippen LogP contribution in [0.25, 0.3) is 0 Å². The van der Waals surface area contributed by atoms with Crippen molar-refractivity contribution in [1.29, 1.82) is 0 Å². The molecule has 34 heavy (non-hydrogen) atoms. The normalized spacial score (nSPS) is 17.0. The van der Waals surface area contributed by atoms with Gasteiger partial charge in [0.2, 0.25) is 10.0 Å². The van der Waals surface area contributed by atoms with E-state index in [0.717, 1.165) is 61.8 Å². The number of thiophene rings is 1. The monoisotopic (exact) mass is 504 g/mol. The van der Waals surface area contributed by atoms with Gasteiger partial charge in [-0.3, -0.25) is 4.79 Å². The summed E-state index contributed by atoms with van der Waals surface area (Å²) in [5.74, 6) is -0.846. The third-order valence-electron chi connectivity index (χ3n) is 6.53. The molecule has 1 N–H and O–H groups in total. The van der Waals surface area contributed by atoms with E-state index in [-0.39, 0.29) is 17.1 Å². The van der Waals surface area contributed by atoms with Crippen LogP contribution in [0.2, 0.25) is 0 Å². The van der Waals surface area contributed by atoms with E-state index in [1.807, 2.05) is 0 Å². The van der Waals surface area contributed by atoms with Crippen LogP contribution >= 0.6 is 11.3 Å². The van der Waals surface area contributed by atoms with Gasteiger partial charge in [-0.1, -0.05) is 18.9 Å². The molecule has 9 heteroatoms. The van der Waals surface area contributed by atoms with E-state index >= 15 is 0 Å². The molecule has 1 aliphatic heterocycles. The summed E-state index contributed by atoms with van der Waals surface area (Å²) < 4.78 is 33.3. The first-order valence-corrected chi connectivity index (χ1v) is 14.3. The number of benzene rings is 1. The average molecular weight is 505 g/mol. The second-order valence-electron chi connectivity index (χ2n) is 8.88. The number of hydrogen-bond acceptors (Lipinski definition) is 6. The molecule has 1 aliphatic carbocycles. The molecule has 0 unspecified atom stereocenters. The highest BCUT2D eigenvalue weighted by Gasteiger charge is 2.29. The highest BCUT2D eigenvalue weighted by atomic mass is 32.2. The van der Waals surface area contributed by atoms with Crippen molar-refractivity contribution in [3.63, 3.8) is 0 Å². The van der Waals surface area contributed by atoms with Crippen LogP contribution in [0.15, 0.2) is 23.1 Å². The molecule has 1 aromatic carbocycles. The molecule has 1 aromatic heterocycles. The van der Waals surface area contributed by atoms with E-state index in [2.05, 4.69) is 5.32 Å². The topological polar surface area (TPSA) is 92.8 Å². The summed E-state index contributed by atoms with van der Waals surface area (Å²) in [6, 6.07) is 4.70. The maximum Gasteiger partial charge on any atom is 0.341 e. The molecule has 1 amide bonds. The van der Waals surface area contributed by atoms with Gasteiger partial charge in [0, 0.05) is 23.5 Å². The Morgan fingerprint density at radius 1 is 1.06 bits per heavy atom. The number of aryl methyl sites for hydroxylation is 2. The fourth-order valence-corrected chi connectivity index (χ4v) is 7.50. The number of hydrogen-bond donors (Lipinski definition) is 1. The van der Waals surface area contributed by atoms with Crippen LogP contribution in [0.3, 0.4) is 0 Å². The van der Waals surface area contributed by atoms with Gasteiger partial charge in [-0.2, -0.15) is 4.31 Å². The smallest absolute Gasteiger partial charge is 0.341 e. The zero-order chi connectivity index (χ0) is 24.3. The minimum absolute atomic E-state index is 0.126. The van der Waals surface area contributed by atoms with Gasteiger partial charge < -0.3 is 10.1 Å². The third kappa shape index (κ3) is 5.06. The van der Waals surface area contributed by atoms with Crippen molar-refractivity contribution in [2.24, 2.45) is 0 Å². The minimum atomic E-state index is -3.68. The lowest BCUT2D eigenvalue weighted by molar-refractivity contribution is 0.0526. The second-order valence-corrected chi connectivity index (χ2v) is 11.9. The number of carbonyl (C=O) groups is 2. The zero-order valence-corrected chi connectivity index (χ0v) is 21.4. The highest BCUT2D eigenvalue weighted by molar-refractivity contribution is 7.89. The van der Waals surface area contributed by atoms with Crippen molar-refractivity contribution in [3.05, 3.63) is 45.3 Å². The van der Waals surface area contributed by atoms with Gasteiger partial charge in [-0.25, -0.2) is 13.2 Å². The van der Waals surface area contributed by atoms with Gasteiger partial charge in [-0.05, 0) is 75.6 Å². The maximum atomic E-state index is 13.3. The lowest BCUT2D eigenvalue weighted by atomic mass is 9.95. The van der Waals surface area contributed by atoms with Crippen LogP contribution in [0.1, 0.15) is 82.2 Å². The first-order chi connectivity index (χ1) is 16.3. The Bertz CT molecular complexity index is 1180. The number of amides is 1. The molecule has 7 nitrogen and oxygen atoms in total. The number of nitrogens with zero attached hydrogens (tertiary/aromatic N) is 1. The molecule has 0 saturated carbocycles. The fourth-order valence-electron chi connectivity index (χ4n) is 4.68. The standard InChI is InChI=1S/C25H32N2O5S2/c1-3-32-25(29)22-19-10-6-7-11-21(19)33-24(22)26-23(28)20-16-18(13-12-17(20)2)34(30,31)27-14-8-4-5-9-15-27/h12-13,16H,3-11,14-15H2,1-2H3,(H,26,28). The molecule has 4 rings (SSSR count). The third-order valence-corrected chi connectivity index (χ3v) is 9.64. The van der Waals surface area contributed by atoms with E-state index in [9.17, 15) is 18.0 Å². The van der Waals surface area contributed by atoms with E-state index in [1.54, 1.807) is 26.0 Å². The molecule has 0 bridgehead atoms. The number of fused-ring (bicyclic) bond motifs is 1. The number of ether oxygens (including phenoxy) is 1. The summed E-state index contributed by atoms with van der Waals surface area (Å²) in [5, 5.41) is 3.38. The summed E-state index contributed by atoms with van der Waals surface area (Å²) in [4.78, 5) is 27.3. The molecule has 0 atom stereocenters. The minimum Gasteiger partial charge on any atom is -0.462 e. The first kappa shape index (κ1) is 24.9. The molecule has 2 heterocycles. The van der Waals surface area contributed by atoms with E-state index in [0.29, 0.717) is 29.2 Å². The molecule has 184 valence electrons. The van der Waals surface area contributed by atoms with Gasteiger partial charge in [0.15, 0.2) is 0 Å². The first-order valence-electron chi connectivity index (χ1n) is 12.1. The van der Waals surface area contributed by atoms with Gasteiger partial charge in [-0.15, -0.1) is 11.3 Å². The van der Waals surface area contributed by atoms with Crippen LogP contribution in [-0.2, 0) is 27.6 Å². The molecule has 0 radical (unpaired) electrons. The molecule has 1 fully saturated rings. The summed E-state index contributed by atoms with van der Waals surface area (Å²) in [5.41, 5.74) is 2.38. The highest BCUT2D eigenvalue weighted by Crippen LogP contribution is 2.39. The lowest BCUT2D eigenvalue weighted by Crippen LogP contribution is -2.32. The molecular formula is C25H32N2O5S2. The van der Waals surface area contributed by atoms with Crippen LogP contribution in [0.5, 0.6) is 0 Å². The summed E-state index contributed by atoms with van der Waals surface area (Å²) in [6.07, 6.45) is 7.47. The van der Waals surface area contributed by atoms with E-state index in [4.69, 9.17) is 4.74 Å². The van der Waals surface area contributed by atoms with Gasteiger partial charge in [0.1, 0.15) is 5.00 Å². The molecule has 2 aliphatic rings. The number of sulfonamides is 1. The Morgan fingerprint density at radius 3 is 2.47 bits per heavy atom. The predicted molar refractivity (Wildman–Crippen MR) is 133 cm³/mol. The number of rotatable bonds is 6. The molecule has 2 aromatic rings. The Hall–Kier alpha value is -2.23.